The molecule has 5 rings (SSSR count). The largest absolute Gasteiger partial charge is 0.387 e. The molecule has 0 atom stereocenters. The monoisotopic (exact) mass is 437 g/mol. The Labute approximate surface area is 179 Å². The number of H-pyrrole nitrogens is 1. The number of aliphatic hydroxyl groups excluding tert-OH is 1. The Bertz CT molecular complexity index is 1400. The first-order chi connectivity index (χ1) is 15.1. The minimum atomic E-state index is -0.530. The second kappa shape index (κ2) is 7.71. The average molecular weight is 437 g/mol. The van der Waals surface area contributed by atoms with Gasteiger partial charge in [-0.05, 0) is 36.4 Å². The van der Waals surface area contributed by atoms with Gasteiger partial charge in [-0.15, -0.1) is 0 Å². The number of amides is 1. The number of hydrogen-bond donors (Lipinski definition) is 2. The number of fused-ring (bicyclic) bond motifs is 3. The van der Waals surface area contributed by atoms with E-state index in [9.17, 15) is 14.4 Å². The predicted octanol–water partition coefficient (Wildman–Crippen LogP) is 1.52. The standard InChI is InChI=1S/C21H19N5O4S/c27-10-17(28)25-6-3-13(4-7-25)26-19-14(20(29)24-21(26)30)9-22-16-2-1-15(23-18(16)19)12-5-8-31-11-12/h1-2,5,8-9,11,13,27H,3-4,6-7,10H2,(H,24,29,30). The molecule has 5 heterocycles. The van der Waals surface area contributed by atoms with Crippen molar-refractivity contribution in [1.82, 2.24) is 24.4 Å². The maximum Gasteiger partial charge on any atom is 0.329 e. The third-order valence-corrected chi connectivity index (χ3v) is 6.43. The molecule has 10 heteroatoms. The molecule has 9 nitrogen and oxygen atoms in total. The smallest absolute Gasteiger partial charge is 0.329 e. The number of carbonyl (C=O) groups is 1. The van der Waals surface area contributed by atoms with Crippen LogP contribution in [0.5, 0.6) is 0 Å². The lowest BCUT2D eigenvalue weighted by Gasteiger charge is -2.33. The summed E-state index contributed by atoms with van der Waals surface area (Å²) in [5.74, 6) is -0.325. The van der Waals surface area contributed by atoms with Gasteiger partial charge in [-0.1, -0.05) is 0 Å². The number of piperidine rings is 1. The van der Waals surface area contributed by atoms with E-state index in [1.165, 1.54) is 6.20 Å². The van der Waals surface area contributed by atoms with Crippen molar-refractivity contribution >= 4 is 39.2 Å². The summed E-state index contributed by atoms with van der Waals surface area (Å²) in [5, 5.41) is 13.4. The topological polar surface area (TPSA) is 121 Å². The Morgan fingerprint density at radius 2 is 2.03 bits per heavy atom. The third-order valence-electron chi connectivity index (χ3n) is 5.75. The highest BCUT2D eigenvalue weighted by Gasteiger charge is 2.26. The fourth-order valence-electron chi connectivity index (χ4n) is 4.18. The van der Waals surface area contributed by atoms with Crippen molar-refractivity contribution in [1.29, 1.82) is 0 Å². The summed E-state index contributed by atoms with van der Waals surface area (Å²) in [5.41, 5.74) is 2.25. The molecular weight excluding hydrogens is 418 g/mol. The SMILES string of the molecule is O=C(CO)N1CCC(n2c(=O)[nH]c(=O)c3cnc4ccc(-c5ccsc5)nc4c32)CC1. The van der Waals surface area contributed by atoms with Gasteiger partial charge in [-0.3, -0.25) is 24.1 Å². The molecule has 4 aromatic heterocycles. The van der Waals surface area contributed by atoms with E-state index >= 15 is 0 Å². The number of carbonyl (C=O) groups excluding carboxylic acids is 1. The lowest BCUT2D eigenvalue weighted by Crippen LogP contribution is -2.43. The Morgan fingerprint density at radius 3 is 2.74 bits per heavy atom. The fourth-order valence-corrected chi connectivity index (χ4v) is 4.83. The number of pyridine rings is 2. The summed E-state index contributed by atoms with van der Waals surface area (Å²) >= 11 is 1.56. The van der Waals surface area contributed by atoms with Crippen molar-refractivity contribution < 1.29 is 9.90 Å². The van der Waals surface area contributed by atoms with Crippen molar-refractivity contribution in [2.75, 3.05) is 19.7 Å². The average Bonchev–Trinajstić information content (AvgIpc) is 3.33. The van der Waals surface area contributed by atoms with E-state index in [0.29, 0.717) is 47.9 Å². The van der Waals surface area contributed by atoms with E-state index in [-0.39, 0.29) is 11.9 Å². The summed E-state index contributed by atoms with van der Waals surface area (Å²) < 4.78 is 1.59. The van der Waals surface area contributed by atoms with E-state index in [1.807, 2.05) is 29.0 Å². The van der Waals surface area contributed by atoms with Gasteiger partial charge in [-0.25, -0.2) is 9.78 Å². The van der Waals surface area contributed by atoms with Crippen LogP contribution in [0.15, 0.2) is 44.7 Å². The second-order valence-corrected chi connectivity index (χ2v) is 8.28. The van der Waals surface area contributed by atoms with Gasteiger partial charge in [-0.2, -0.15) is 11.3 Å². The lowest BCUT2D eigenvalue weighted by molar-refractivity contribution is -0.135. The summed E-state index contributed by atoms with van der Waals surface area (Å²) in [6, 6.07) is 5.46. The summed E-state index contributed by atoms with van der Waals surface area (Å²) in [4.78, 5) is 50.4. The molecule has 1 aliphatic heterocycles. The first kappa shape index (κ1) is 19.6. The summed E-state index contributed by atoms with van der Waals surface area (Å²) in [6.45, 7) is 0.319. The molecule has 1 aliphatic rings. The van der Waals surface area contributed by atoms with Gasteiger partial charge in [0.2, 0.25) is 5.91 Å². The van der Waals surface area contributed by atoms with Gasteiger partial charge < -0.3 is 10.0 Å². The zero-order chi connectivity index (χ0) is 21.5. The maximum atomic E-state index is 12.9. The van der Waals surface area contributed by atoms with Crippen LogP contribution >= 0.6 is 11.3 Å². The molecule has 0 unspecified atom stereocenters. The lowest BCUT2D eigenvalue weighted by atomic mass is 10.0. The molecule has 0 bridgehead atoms. The van der Waals surface area contributed by atoms with Crippen LogP contribution in [-0.4, -0.2) is 55.1 Å². The number of aliphatic hydroxyl groups is 1. The molecule has 0 radical (unpaired) electrons. The van der Waals surface area contributed by atoms with Crippen LogP contribution < -0.4 is 11.2 Å². The van der Waals surface area contributed by atoms with Crippen LogP contribution in [0.1, 0.15) is 18.9 Å². The molecular formula is C21H19N5O4S. The molecule has 0 aliphatic carbocycles. The number of hydrogen-bond acceptors (Lipinski definition) is 7. The van der Waals surface area contributed by atoms with Crippen LogP contribution in [0.4, 0.5) is 0 Å². The summed E-state index contributed by atoms with van der Waals surface area (Å²) in [7, 11) is 0. The maximum absolute atomic E-state index is 12.9. The molecule has 1 amide bonds. The first-order valence-corrected chi connectivity index (χ1v) is 10.9. The number of thiophene rings is 1. The second-order valence-electron chi connectivity index (χ2n) is 7.50. The minimum Gasteiger partial charge on any atom is -0.387 e. The Balaban J connectivity index is 1.71. The number of nitrogens with zero attached hydrogens (tertiary/aromatic N) is 4. The highest BCUT2D eigenvalue weighted by Crippen LogP contribution is 2.29. The predicted molar refractivity (Wildman–Crippen MR) is 117 cm³/mol. The van der Waals surface area contributed by atoms with Crippen LogP contribution in [0.3, 0.4) is 0 Å². The third kappa shape index (κ3) is 3.33. The number of rotatable bonds is 3. The van der Waals surface area contributed by atoms with Gasteiger partial charge in [0.1, 0.15) is 12.1 Å². The van der Waals surface area contributed by atoms with Gasteiger partial charge in [0, 0.05) is 36.3 Å². The van der Waals surface area contributed by atoms with Crippen molar-refractivity contribution in [2.24, 2.45) is 0 Å². The molecule has 1 fully saturated rings. The highest BCUT2D eigenvalue weighted by atomic mass is 32.1. The zero-order valence-corrected chi connectivity index (χ0v) is 17.3. The molecule has 4 aromatic rings. The fraction of sp³-hybridized carbons (Fsp3) is 0.286. The zero-order valence-electron chi connectivity index (χ0n) is 16.4. The Hall–Kier alpha value is -3.37. The molecule has 31 heavy (non-hydrogen) atoms. The number of likely N-dealkylation sites (tertiary alicyclic amines) is 1. The van der Waals surface area contributed by atoms with Crippen LogP contribution in [0.25, 0.3) is 33.2 Å². The van der Waals surface area contributed by atoms with E-state index in [1.54, 1.807) is 20.8 Å². The van der Waals surface area contributed by atoms with Crippen molar-refractivity contribution in [3.05, 3.63) is 56.0 Å². The molecule has 158 valence electrons. The van der Waals surface area contributed by atoms with Crippen LogP contribution in [-0.2, 0) is 4.79 Å². The molecule has 0 aromatic carbocycles. The van der Waals surface area contributed by atoms with Crippen molar-refractivity contribution in [2.45, 2.75) is 18.9 Å². The van der Waals surface area contributed by atoms with Gasteiger partial charge in [0.25, 0.3) is 5.56 Å². The normalized spacial score (nSPS) is 15.1. The van der Waals surface area contributed by atoms with E-state index in [4.69, 9.17) is 10.1 Å². The van der Waals surface area contributed by atoms with E-state index in [0.717, 1.165) is 11.3 Å². The van der Waals surface area contributed by atoms with Crippen molar-refractivity contribution in [3.63, 3.8) is 0 Å². The van der Waals surface area contributed by atoms with Gasteiger partial charge >= 0.3 is 5.69 Å². The van der Waals surface area contributed by atoms with Crippen LogP contribution in [0, 0.1) is 0 Å². The quantitative estimate of drug-likeness (QED) is 0.469. The van der Waals surface area contributed by atoms with Crippen LogP contribution in [0.2, 0.25) is 0 Å². The van der Waals surface area contributed by atoms with Gasteiger partial charge in [0.05, 0.1) is 22.1 Å². The highest BCUT2D eigenvalue weighted by molar-refractivity contribution is 7.08. The first-order valence-electron chi connectivity index (χ1n) is 9.92. The van der Waals surface area contributed by atoms with Crippen molar-refractivity contribution in [3.8, 4) is 11.3 Å². The molecule has 0 saturated carbocycles. The Morgan fingerprint density at radius 1 is 1.23 bits per heavy atom. The number of aromatic amines is 1. The number of nitrogens with one attached hydrogen (secondary N) is 1. The van der Waals surface area contributed by atoms with E-state index in [2.05, 4.69) is 9.97 Å². The van der Waals surface area contributed by atoms with Gasteiger partial charge in [0.15, 0.2) is 0 Å². The summed E-state index contributed by atoms with van der Waals surface area (Å²) in [6.07, 6.45) is 2.53. The van der Waals surface area contributed by atoms with E-state index < -0.39 is 17.9 Å². The Kier molecular flexibility index (Phi) is 4.87. The number of aromatic nitrogens is 4. The molecule has 2 N–H and O–H groups in total. The molecule has 1 saturated heterocycles. The molecule has 0 spiro atoms. The minimum absolute atomic E-state index is 0.216.